The van der Waals surface area contributed by atoms with E-state index >= 15 is 0 Å². The van der Waals surface area contributed by atoms with E-state index in [1.807, 2.05) is 0 Å². The van der Waals surface area contributed by atoms with Gasteiger partial charge >= 0.3 is 6.36 Å². The van der Waals surface area contributed by atoms with Crippen LogP contribution in [0.4, 0.5) is 13.2 Å². The fourth-order valence-electron chi connectivity index (χ4n) is 0.995. The lowest BCUT2D eigenvalue weighted by atomic mass is 10.2. The van der Waals surface area contributed by atoms with Gasteiger partial charge in [-0.15, -0.1) is 13.2 Å². The minimum atomic E-state index is -4.99. The highest BCUT2D eigenvalue weighted by Crippen LogP contribution is 2.27. The quantitative estimate of drug-likeness (QED) is 0.632. The predicted octanol–water partition coefficient (Wildman–Crippen LogP) is 2.33. The second-order valence-corrected chi connectivity index (χ2v) is 5.41. The van der Waals surface area contributed by atoms with Crippen molar-refractivity contribution in [1.29, 1.82) is 0 Å². The summed E-state index contributed by atoms with van der Waals surface area (Å²) in [4.78, 5) is 9.78. The summed E-state index contributed by atoms with van der Waals surface area (Å²) in [6.07, 6.45) is -4.82. The van der Waals surface area contributed by atoms with E-state index in [1.54, 1.807) is 0 Å². The maximum Gasteiger partial charge on any atom is 0.573 e. The first-order valence-electron chi connectivity index (χ1n) is 3.92. The van der Waals surface area contributed by atoms with Gasteiger partial charge in [-0.2, -0.15) is 0 Å². The Morgan fingerprint density at radius 1 is 1.24 bits per heavy atom. The Kier molecular flexibility index (Phi) is 3.68. The smallest absolute Gasteiger partial charge is 0.406 e. The Bertz CT molecular complexity index is 538. The van der Waals surface area contributed by atoms with E-state index in [1.165, 1.54) is 0 Å². The fourth-order valence-corrected chi connectivity index (χ4v) is 1.80. The first-order valence-corrected chi connectivity index (χ1v) is 6.23. The third-order valence-electron chi connectivity index (χ3n) is 1.55. The summed E-state index contributed by atoms with van der Waals surface area (Å²) in [6, 6.07) is 2.15. The second kappa shape index (κ2) is 4.53. The van der Waals surface area contributed by atoms with Gasteiger partial charge in [0.2, 0.25) is 0 Å². The summed E-state index contributed by atoms with van der Waals surface area (Å²) in [5.41, 5.74) is -0.300. The van der Waals surface area contributed by atoms with Crippen molar-refractivity contribution in [1.82, 2.24) is 0 Å². The van der Waals surface area contributed by atoms with Crippen molar-refractivity contribution >= 4 is 26.0 Å². The van der Waals surface area contributed by atoms with Crippen LogP contribution >= 0.6 is 10.7 Å². The van der Waals surface area contributed by atoms with Crippen molar-refractivity contribution in [3.8, 4) is 5.75 Å². The fraction of sp³-hybridized carbons (Fsp3) is 0.125. The van der Waals surface area contributed by atoms with Crippen LogP contribution < -0.4 is 4.74 Å². The van der Waals surface area contributed by atoms with Gasteiger partial charge in [-0.3, -0.25) is 4.79 Å². The molecule has 1 aromatic rings. The van der Waals surface area contributed by atoms with Gasteiger partial charge in [-0.25, -0.2) is 8.42 Å². The van der Waals surface area contributed by atoms with Crippen molar-refractivity contribution in [3.63, 3.8) is 0 Å². The molecular weight excluding hydrogens is 285 g/mol. The highest BCUT2D eigenvalue weighted by molar-refractivity contribution is 8.13. The van der Waals surface area contributed by atoms with Gasteiger partial charge in [0.1, 0.15) is 12.0 Å². The molecule has 0 heterocycles. The van der Waals surface area contributed by atoms with Gasteiger partial charge in [0.25, 0.3) is 9.05 Å². The number of rotatable bonds is 3. The molecule has 0 atom stereocenters. The third-order valence-corrected chi connectivity index (χ3v) is 2.89. The van der Waals surface area contributed by atoms with Gasteiger partial charge in [0.15, 0.2) is 0 Å². The van der Waals surface area contributed by atoms with Crippen LogP contribution in [0.3, 0.4) is 0 Å². The summed E-state index contributed by atoms with van der Waals surface area (Å²) >= 11 is 0. The Balaban J connectivity index is 3.29. The van der Waals surface area contributed by atoms with Crippen LogP contribution in [0.15, 0.2) is 23.1 Å². The van der Waals surface area contributed by atoms with Crippen LogP contribution in [-0.2, 0) is 9.05 Å². The molecular formula is C8H4ClF3O4S. The number of halogens is 4. The van der Waals surface area contributed by atoms with Crippen molar-refractivity contribution in [2.45, 2.75) is 11.3 Å². The molecule has 0 amide bonds. The van der Waals surface area contributed by atoms with Crippen LogP contribution in [-0.4, -0.2) is 21.1 Å². The maximum atomic E-state index is 11.9. The summed E-state index contributed by atoms with van der Waals surface area (Å²) in [5.74, 6) is -0.832. The van der Waals surface area contributed by atoms with Gasteiger partial charge < -0.3 is 4.74 Å². The van der Waals surface area contributed by atoms with Gasteiger partial charge in [0, 0.05) is 22.3 Å². The molecule has 0 saturated carbocycles. The number of alkyl halides is 3. The first-order chi connectivity index (χ1) is 7.62. The second-order valence-electron chi connectivity index (χ2n) is 2.84. The lowest BCUT2D eigenvalue weighted by molar-refractivity contribution is -0.274. The average molecular weight is 289 g/mol. The summed E-state index contributed by atoms with van der Waals surface area (Å²) in [6.45, 7) is 0. The van der Waals surface area contributed by atoms with Crippen molar-refractivity contribution in [2.24, 2.45) is 0 Å². The van der Waals surface area contributed by atoms with Crippen LogP contribution in [0.25, 0.3) is 0 Å². The van der Waals surface area contributed by atoms with E-state index in [0.29, 0.717) is 6.07 Å². The number of hydrogen-bond acceptors (Lipinski definition) is 4. The van der Waals surface area contributed by atoms with E-state index in [9.17, 15) is 26.4 Å². The Morgan fingerprint density at radius 3 is 2.24 bits per heavy atom. The largest absolute Gasteiger partial charge is 0.573 e. The molecule has 0 aromatic heterocycles. The SMILES string of the molecule is O=Cc1cc(OC(F)(F)F)cc(S(=O)(=O)Cl)c1. The van der Waals surface area contributed by atoms with E-state index in [-0.39, 0.29) is 11.8 Å². The molecule has 0 aliphatic rings. The predicted molar refractivity (Wildman–Crippen MR) is 51.6 cm³/mol. The van der Waals surface area contributed by atoms with E-state index in [2.05, 4.69) is 4.74 Å². The number of carbonyl (C=O) groups excluding carboxylic acids is 1. The summed E-state index contributed by atoms with van der Waals surface area (Å²) in [7, 11) is 0.703. The molecule has 0 N–H and O–H groups in total. The molecule has 0 aliphatic heterocycles. The molecule has 1 aromatic carbocycles. The number of aldehydes is 1. The molecule has 0 unspecified atom stereocenters. The van der Waals surface area contributed by atoms with Crippen molar-refractivity contribution < 1.29 is 31.1 Å². The topological polar surface area (TPSA) is 60.4 Å². The minimum Gasteiger partial charge on any atom is -0.406 e. The third kappa shape index (κ3) is 4.23. The molecule has 0 saturated heterocycles. The highest BCUT2D eigenvalue weighted by Gasteiger charge is 2.31. The Labute approximate surface area is 98.4 Å². The van der Waals surface area contributed by atoms with E-state index in [0.717, 1.165) is 12.1 Å². The van der Waals surface area contributed by atoms with Crippen LogP contribution in [0.1, 0.15) is 10.4 Å². The molecule has 94 valence electrons. The number of hydrogen-bond donors (Lipinski definition) is 0. The lowest BCUT2D eigenvalue weighted by Gasteiger charge is -2.10. The molecule has 1 rings (SSSR count). The molecule has 0 bridgehead atoms. The number of benzene rings is 1. The Morgan fingerprint density at radius 2 is 1.82 bits per heavy atom. The number of carbonyl (C=O) groups is 1. The van der Waals surface area contributed by atoms with E-state index < -0.39 is 26.1 Å². The molecule has 0 fully saturated rings. The molecule has 0 radical (unpaired) electrons. The lowest BCUT2D eigenvalue weighted by Crippen LogP contribution is -2.17. The zero-order chi connectivity index (χ0) is 13.3. The van der Waals surface area contributed by atoms with Gasteiger partial charge in [-0.05, 0) is 12.1 Å². The average Bonchev–Trinajstić information content (AvgIpc) is 2.13. The summed E-state index contributed by atoms with van der Waals surface area (Å²) < 4.78 is 61.1. The number of ether oxygens (including phenoxy) is 1. The normalized spacial score (nSPS) is 12.2. The molecule has 0 spiro atoms. The standard InChI is InChI=1S/C8H4ClF3O4S/c9-17(14,15)7-2-5(4-13)1-6(3-7)16-8(10,11)12/h1-4H. The molecule has 17 heavy (non-hydrogen) atoms. The van der Waals surface area contributed by atoms with Crippen LogP contribution in [0.5, 0.6) is 5.75 Å². The van der Waals surface area contributed by atoms with Gasteiger partial charge in [-0.1, -0.05) is 0 Å². The Hall–Kier alpha value is -1.28. The minimum absolute atomic E-state index is 0.175. The zero-order valence-electron chi connectivity index (χ0n) is 7.86. The maximum absolute atomic E-state index is 11.9. The van der Waals surface area contributed by atoms with Crippen molar-refractivity contribution in [3.05, 3.63) is 23.8 Å². The monoisotopic (exact) mass is 288 g/mol. The van der Waals surface area contributed by atoms with E-state index in [4.69, 9.17) is 10.7 Å². The van der Waals surface area contributed by atoms with Crippen LogP contribution in [0.2, 0.25) is 0 Å². The summed E-state index contributed by atoms with van der Waals surface area (Å²) in [5, 5.41) is 0. The van der Waals surface area contributed by atoms with Crippen LogP contribution in [0, 0.1) is 0 Å². The molecule has 9 heteroatoms. The molecule has 4 nitrogen and oxygen atoms in total. The van der Waals surface area contributed by atoms with Crippen molar-refractivity contribution in [2.75, 3.05) is 0 Å². The highest BCUT2D eigenvalue weighted by atomic mass is 35.7. The molecule has 0 aliphatic carbocycles. The van der Waals surface area contributed by atoms with Gasteiger partial charge in [0.05, 0.1) is 4.90 Å². The zero-order valence-corrected chi connectivity index (χ0v) is 9.43. The first kappa shape index (κ1) is 13.8.